The molecule has 1 aliphatic rings. The van der Waals surface area contributed by atoms with Gasteiger partial charge in [-0.25, -0.2) is 4.98 Å². The second kappa shape index (κ2) is 9.13. The van der Waals surface area contributed by atoms with Crippen LogP contribution in [-0.2, 0) is 12.8 Å². The topological polar surface area (TPSA) is 78.9 Å². The average Bonchev–Trinajstić information content (AvgIpc) is 3.01. The fraction of sp³-hybridized carbons (Fsp3) is 0.261. The smallest absolute Gasteiger partial charge is 0.253 e. The monoisotopic (exact) mass is 421 g/mol. The zero-order chi connectivity index (χ0) is 20.9. The van der Waals surface area contributed by atoms with Gasteiger partial charge in [0.1, 0.15) is 5.02 Å². The molecule has 0 unspecified atom stereocenters. The number of fused-ring (bicyclic) bond motifs is 1. The Labute approximate surface area is 181 Å². The number of nitrogens with zero attached hydrogens (tertiary/aromatic N) is 2. The Bertz CT molecular complexity index is 1070. The number of benzene rings is 2. The molecule has 0 saturated heterocycles. The molecule has 7 heteroatoms. The molecule has 0 radical (unpaired) electrons. The van der Waals surface area contributed by atoms with Crippen molar-refractivity contribution < 1.29 is 4.79 Å². The standard InChI is InChI=1S/C23H24ClN5O/c1-25-22(30)18-9-5-6-10-20(18)28-21-19(24)14-26-23(29-21)27-17-12-11-15-7-3-2-4-8-16(15)13-17/h5-6,9-14H,2-4,7-8H2,1H3,(H,25,30)(H2,26,27,28,29). The van der Waals surface area contributed by atoms with E-state index in [1.807, 2.05) is 18.2 Å². The normalized spacial score (nSPS) is 13.1. The maximum Gasteiger partial charge on any atom is 0.253 e. The molecule has 3 aromatic rings. The van der Waals surface area contributed by atoms with E-state index in [0.717, 1.165) is 18.5 Å². The van der Waals surface area contributed by atoms with Gasteiger partial charge < -0.3 is 16.0 Å². The van der Waals surface area contributed by atoms with Crippen LogP contribution < -0.4 is 16.0 Å². The lowest BCUT2D eigenvalue weighted by Gasteiger charge is -2.13. The summed E-state index contributed by atoms with van der Waals surface area (Å²) >= 11 is 6.31. The van der Waals surface area contributed by atoms with E-state index in [0.29, 0.717) is 28.0 Å². The lowest BCUT2D eigenvalue weighted by molar-refractivity contribution is 0.0964. The van der Waals surface area contributed by atoms with Gasteiger partial charge in [0, 0.05) is 12.7 Å². The zero-order valence-corrected chi connectivity index (χ0v) is 17.6. The molecule has 3 N–H and O–H groups in total. The van der Waals surface area contributed by atoms with Gasteiger partial charge in [-0.05, 0) is 61.1 Å². The highest BCUT2D eigenvalue weighted by Crippen LogP contribution is 2.28. The lowest BCUT2D eigenvalue weighted by atomic mass is 10.0. The van der Waals surface area contributed by atoms with Crippen molar-refractivity contribution in [2.75, 3.05) is 17.7 Å². The Morgan fingerprint density at radius 1 is 1.00 bits per heavy atom. The quantitative estimate of drug-likeness (QED) is 0.490. The summed E-state index contributed by atoms with van der Waals surface area (Å²) in [6.45, 7) is 0. The van der Waals surface area contributed by atoms with E-state index < -0.39 is 0 Å². The molecule has 1 heterocycles. The second-order valence-corrected chi connectivity index (χ2v) is 7.72. The lowest BCUT2D eigenvalue weighted by Crippen LogP contribution is -2.19. The number of carbonyl (C=O) groups excluding carboxylic acids is 1. The highest BCUT2D eigenvalue weighted by Gasteiger charge is 2.13. The molecule has 0 spiro atoms. The number of anilines is 4. The third-order valence-corrected chi connectivity index (χ3v) is 5.53. The minimum absolute atomic E-state index is 0.188. The Morgan fingerprint density at radius 2 is 1.80 bits per heavy atom. The maximum absolute atomic E-state index is 12.1. The zero-order valence-electron chi connectivity index (χ0n) is 16.8. The summed E-state index contributed by atoms with van der Waals surface area (Å²) in [5.74, 6) is 0.680. The Morgan fingerprint density at radius 3 is 2.63 bits per heavy atom. The van der Waals surface area contributed by atoms with Crippen molar-refractivity contribution in [2.45, 2.75) is 32.1 Å². The molecule has 0 fully saturated rings. The van der Waals surface area contributed by atoms with Crippen LogP contribution in [0.5, 0.6) is 0 Å². The number of aryl methyl sites for hydroxylation is 2. The van der Waals surface area contributed by atoms with Crippen LogP contribution in [0.25, 0.3) is 0 Å². The van der Waals surface area contributed by atoms with Gasteiger partial charge in [-0.3, -0.25) is 4.79 Å². The molecule has 0 aliphatic heterocycles. The van der Waals surface area contributed by atoms with Crippen LogP contribution in [0.15, 0.2) is 48.7 Å². The first-order valence-corrected chi connectivity index (χ1v) is 10.5. The molecule has 1 aromatic heterocycles. The van der Waals surface area contributed by atoms with Gasteiger partial charge in [-0.2, -0.15) is 4.98 Å². The van der Waals surface area contributed by atoms with Crippen molar-refractivity contribution in [1.82, 2.24) is 15.3 Å². The van der Waals surface area contributed by atoms with Crippen molar-refractivity contribution in [3.05, 3.63) is 70.4 Å². The van der Waals surface area contributed by atoms with Crippen molar-refractivity contribution in [2.24, 2.45) is 0 Å². The summed E-state index contributed by atoms with van der Waals surface area (Å²) in [5, 5.41) is 9.44. The van der Waals surface area contributed by atoms with Crippen LogP contribution in [0.1, 0.15) is 40.7 Å². The molecule has 30 heavy (non-hydrogen) atoms. The van der Waals surface area contributed by atoms with E-state index in [2.05, 4.69) is 44.1 Å². The third-order valence-electron chi connectivity index (χ3n) is 5.25. The highest BCUT2D eigenvalue weighted by atomic mass is 35.5. The summed E-state index contributed by atoms with van der Waals surface area (Å²) in [7, 11) is 1.60. The number of nitrogens with one attached hydrogen (secondary N) is 3. The molecular weight excluding hydrogens is 398 g/mol. The predicted molar refractivity (Wildman–Crippen MR) is 121 cm³/mol. The van der Waals surface area contributed by atoms with Crippen LogP contribution in [0.3, 0.4) is 0 Å². The second-order valence-electron chi connectivity index (χ2n) is 7.31. The van der Waals surface area contributed by atoms with E-state index in [4.69, 9.17) is 11.6 Å². The van der Waals surface area contributed by atoms with Gasteiger partial charge in [0.25, 0.3) is 5.91 Å². The SMILES string of the molecule is CNC(=O)c1ccccc1Nc1nc(Nc2ccc3c(c2)CCCCC3)ncc1Cl. The molecule has 0 atom stereocenters. The molecular formula is C23H24ClN5O. The first-order chi connectivity index (χ1) is 14.6. The van der Waals surface area contributed by atoms with E-state index in [1.165, 1.54) is 30.4 Å². The minimum atomic E-state index is -0.188. The Hall–Kier alpha value is -3.12. The molecule has 154 valence electrons. The van der Waals surface area contributed by atoms with Gasteiger partial charge in [0.05, 0.1) is 17.4 Å². The number of rotatable bonds is 5. The van der Waals surface area contributed by atoms with Crippen molar-refractivity contribution in [3.8, 4) is 0 Å². The molecule has 6 nitrogen and oxygen atoms in total. The van der Waals surface area contributed by atoms with Crippen molar-refractivity contribution in [3.63, 3.8) is 0 Å². The number of aromatic nitrogens is 2. The summed E-state index contributed by atoms with van der Waals surface area (Å²) in [4.78, 5) is 21.0. The highest BCUT2D eigenvalue weighted by molar-refractivity contribution is 6.33. The van der Waals surface area contributed by atoms with E-state index in [9.17, 15) is 4.79 Å². The molecule has 1 aliphatic carbocycles. The van der Waals surface area contributed by atoms with Crippen LogP contribution in [0.4, 0.5) is 23.1 Å². The first kappa shape index (κ1) is 20.2. The molecule has 2 aromatic carbocycles. The van der Waals surface area contributed by atoms with Gasteiger partial charge in [0.2, 0.25) is 5.95 Å². The maximum atomic E-state index is 12.1. The van der Waals surface area contributed by atoms with Gasteiger partial charge in [0.15, 0.2) is 5.82 Å². The van der Waals surface area contributed by atoms with E-state index in [1.54, 1.807) is 19.3 Å². The number of amides is 1. The molecule has 1 amide bonds. The number of carbonyl (C=O) groups is 1. The largest absolute Gasteiger partial charge is 0.355 e. The van der Waals surface area contributed by atoms with Crippen LogP contribution >= 0.6 is 11.6 Å². The van der Waals surface area contributed by atoms with E-state index in [-0.39, 0.29) is 5.91 Å². The predicted octanol–water partition coefficient (Wildman–Crippen LogP) is 5.25. The fourth-order valence-electron chi connectivity index (χ4n) is 3.68. The van der Waals surface area contributed by atoms with Gasteiger partial charge in [-0.15, -0.1) is 0 Å². The van der Waals surface area contributed by atoms with Crippen molar-refractivity contribution >= 4 is 40.6 Å². The first-order valence-electron chi connectivity index (χ1n) is 10.1. The van der Waals surface area contributed by atoms with E-state index >= 15 is 0 Å². The Kier molecular flexibility index (Phi) is 6.14. The van der Waals surface area contributed by atoms with Crippen LogP contribution in [0, 0.1) is 0 Å². The number of hydrogen-bond donors (Lipinski definition) is 3. The minimum Gasteiger partial charge on any atom is -0.355 e. The molecule has 0 saturated carbocycles. The molecule has 4 rings (SSSR count). The number of halogens is 1. The number of hydrogen-bond acceptors (Lipinski definition) is 5. The molecule has 0 bridgehead atoms. The summed E-state index contributed by atoms with van der Waals surface area (Å²) in [5.41, 5.74) is 4.91. The van der Waals surface area contributed by atoms with Gasteiger partial charge >= 0.3 is 0 Å². The summed E-state index contributed by atoms with van der Waals surface area (Å²) in [6.07, 6.45) is 7.57. The third kappa shape index (κ3) is 4.54. The summed E-state index contributed by atoms with van der Waals surface area (Å²) < 4.78 is 0. The summed E-state index contributed by atoms with van der Waals surface area (Å²) in [6, 6.07) is 13.6. The van der Waals surface area contributed by atoms with Crippen LogP contribution in [-0.4, -0.2) is 22.9 Å². The van der Waals surface area contributed by atoms with Crippen molar-refractivity contribution in [1.29, 1.82) is 0 Å². The fourth-order valence-corrected chi connectivity index (χ4v) is 3.82. The Balaban J connectivity index is 1.57. The number of para-hydroxylation sites is 1. The average molecular weight is 422 g/mol. The van der Waals surface area contributed by atoms with Gasteiger partial charge in [-0.1, -0.05) is 36.2 Å². The van der Waals surface area contributed by atoms with Crippen LogP contribution in [0.2, 0.25) is 5.02 Å².